The van der Waals surface area contributed by atoms with Crippen LogP contribution in [0.25, 0.3) is 5.76 Å². The molecule has 0 radical (unpaired) electrons. The first-order valence-corrected chi connectivity index (χ1v) is 8.30. The second-order valence-electron chi connectivity index (χ2n) is 5.74. The van der Waals surface area contributed by atoms with Gasteiger partial charge in [0, 0.05) is 11.1 Å². The van der Waals surface area contributed by atoms with Gasteiger partial charge >= 0.3 is 5.97 Å². The monoisotopic (exact) mass is 302 g/mol. The van der Waals surface area contributed by atoms with Gasteiger partial charge < -0.3 is 9.47 Å². The van der Waals surface area contributed by atoms with Crippen molar-refractivity contribution in [3.63, 3.8) is 0 Å². The average Bonchev–Trinajstić information content (AvgIpc) is 2.92. The minimum atomic E-state index is -0.269. The first-order chi connectivity index (χ1) is 10.7. The standard InChI is InChI=1S/C19H26O3/c1-4-6-10-16(19(20)21-3)18-15-12-9-8-11-14(15)17(22-18)13-7-5-2/h8-9,11-12,17H,4-7,10,13H2,1-3H3/b18-16+. The number of carbonyl (C=O) groups is 1. The summed E-state index contributed by atoms with van der Waals surface area (Å²) < 4.78 is 11.2. The summed E-state index contributed by atoms with van der Waals surface area (Å²) in [6, 6.07) is 8.19. The fourth-order valence-corrected chi connectivity index (χ4v) is 2.88. The maximum Gasteiger partial charge on any atom is 0.337 e. The second kappa shape index (κ2) is 8.02. The summed E-state index contributed by atoms with van der Waals surface area (Å²) in [6.07, 6.45) is 6.00. The quantitative estimate of drug-likeness (QED) is 0.524. The number of rotatable bonds is 7. The van der Waals surface area contributed by atoms with E-state index in [0.29, 0.717) is 12.0 Å². The minimum Gasteiger partial charge on any atom is -0.485 e. The van der Waals surface area contributed by atoms with E-state index in [1.165, 1.54) is 12.7 Å². The molecule has 1 aromatic rings. The summed E-state index contributed by atoms with van der Waals surface area (Å²) in [5.74, 6) is 0.464. The number of benzene rings is 1. The Morgan fingerprint density at radius 2 is 1.91 bits per heavy atom. The zero-order valence-electron chi connectivity index (χ0n) is 13.9. The molecule has 0 N–H and O–H groups in total. The van der Waals surface area contributed by atoms with Gasteiger partial charge in [0.2, 0.25) is 0 Å². The van der Waals surface area contributed by atoms with Crippen LogP contribution in [-0.4, -0.2) is 13.1 Å². The molecule has 0 spiro atoms. The summed E-state index contributed by atoms with van der Waals surface area (Å²) in [4.78, 5) is 12.2. The third-order valence-electron chi connectivity index (χ3n) is 4.12. The van der Waals surface area contributed by atoms with E-state index in [0.717, 1.165) is 43.4 Å². The minimum absolute atomic E-state index is 0.0624. The lowest BCUT2D eigenvalue weighted by Crippen LogP contribution is -2.08. The van der Waals surface area contributed by atoms with Crippen molar-refractivity contribution >= 4 is 11.7 Å². The SMILES string of the molecule is CCCC/C(C(=O)OC)=C1\OC(CCCC)c2ccccc21. The molecule has 0 aromatic heterocycles. The van der Waals surface area contributed by atoms with Crippen LogP contribution in [0.3, 0.4) is 0 Å². The Kier molecular flexibility index (Phi) is 6.05. The third-order valence-corrected chi connectivity index (χ3v) is 4.12. The zero-order valence-corrected chi connectivity index (χ0v) is 13.9. The Labute approximate surface area is 133 Å². The van der Waals surface area contributed by atoms with Crippen LogP contribution >= 0.6 is 0 Å². The van der Waals surface area contributed by atoms with Gasteiger partial charge in [0.25, 0.3) is 0 Å². The van der Waals surface area contributed by atoms with Gasteiger partial charge in [0.1, 0.15) is 11.9 Å². The summed E-state index contributed by atoms with van der Waals surface area (Å²) in [7, 11) is 1.43. The largest absolute Gasteiger partial charge is 0.485 e. The van der Waals surface area contributed by atoms with Crippen molar-refractivity contribution in [3.8, 4) is 0 Å². The summed E-state index contributed by atoms with van der Waals surface area (Å²) in [5.41, 5.74) is 2.93. The number of unbranched alkanes of at least 4 members (excludes halogenated alkanes) is 2. The average molecular weight is 302 g/mol. The van der Waals surface area contributed by atoms with Gasteiger partial charge in [-0.2, -0.15) is 0 Å². The van der Waals surface area contributed by atoms with E-state index in [2.05, 4.69) is 19.9 Å². The van der Waals surface area contributed by atoms with Crippen molar-refractivity contribution in [1.82, 2.24) is 0 Å². The van der Waals surface area contributed by atoms with Crippen LogP contribution in [0.2, 0.25) is 0 Å². The number of fused-ring (bicyclic) bond motifs is 1. The fraction of sp³-hybridized carbons (Fsp3) is 0.526. The number of methoxy groups -OCH3 is 1. The highest BCUT2D eigenvalue weighted by molar-refractivity contribution is 5.97. The maximum absolute atomic E-state index is 12.2. The molecule has 3 heteroatoms. The number of carbonyl (C=O) groups excluding carboxylic acids is 1. The first-order valence-electron chi connectivity index (χ1n) is 8.30. The summed E-state index contributed by atoms with van der Waals surface area (Å²) in [6.45, 7) is 4.30. The van der Waals surface area contributed by atoms with E-state index in [1.807, 2.05) is 18.2 Å². The van der Waals surface area contributed by atoms with E-state index in [9.17, 15) is 4.79 Å². The van der Waals surface area contributed by atoms with Crippen LogP contribution in [0.1, 0.15) is 69.6 Å². The number of hydrogen-bond acceptors (Lipinski definition) is 3. The molecule has 3 nitrogen and oxygen atoms in total. The van der Waals surface area contributed by atoms with Crippen LogP contribution in [0.4, 0.5) is 0 Å². The highest BCUT2D eigenvalue weighted by Crippen LogP contribution is 2.43. The molecule has 1 heterocycles. The predicted octanol–water partition coefficient (Wildman–Crippen LogP) is 5.02. The van der Waals surface area contributed by atoms with E-state index < -0.39 is 0 Å². The molecular formula is C19H26O3. The molecule has 1 unspecified atom stereocenters. The highest BCUT2D eigenvalue weighted by atomic mass is 16.5. The van der Waals surface area contributed by atoms with E-state index in [4.69, 9.17) is 9.47 Å². The van der Waals surface area contributed by atoms with Crippen molar-refractivity contribution < 1.29 is 14.3 Å². The van der Waals surface area contributed by atoms with Gasteiger partial charge in [0.15, 0.2) is 0 Å². The Balaban J connectivity index is 2.40. The highest BCUT2D eigenvalue weighted by Gasteiger charge is 2.31. The van der Waals surface area contributed by atoms with Gasteiger partial charge in [-0.15, -0.1) is 0 Å². The van der Waals surface area contributed by atoms with Crippen molar-refractivity contribution in [2.75, 3.05) is 7.11 Å². The Hall–Kier alpha value is -1.77. The van der Waals surface area contributed by atoms with E-state index >= 15 is 0 Å². The molecule has 1 aromatic carbocycles. The number of hydrogen-bond donors (Lipinski definition) is 0. The van der Waals surface area contributed by atoms with Gasteiger partial charge in [0.05, 0.1) is 12.7 Å². The number of ether oxygens (including phenoxy) is 2. The molecule has 120 valence electrons. The molecule has 0 saturated carbocycles. The van der Waals surface area contributed by atoms with Crippen LogP contribution in [0.15, 0.2) is 29.8 Å². The second-order valence-corrected chi connectivity index (χ2v) is 5.74. The lowest BCUT2D eigenvalue weighted by Gasteiger charge is -2.13. The Morgan fingerprint density at radius 3 is 2.59 bits per heavy atom. The van der Waals surface area contributed by atoms with E-state index in [1.54, 1.807) is 0 Å². The topological polar surface area (TPSA) is 35.5 Å². The van der Waals surface area contributed by atoms with Gasteiger partial charge in [-0.25, -0.2) is 4.79 Å². The Morgan fingerprint density at radius 1 is 1.18 bits per heavy atom. The normalized spacial score (nSPS) is 18.6. The smallest absolute Gasteiger partial charge is 0.337 e. The molecule has 0 aliphatic carbocycles. The van der Waals surface area contributed by atoms with E-state index in [-0.39, 0.29) is 12.1 Å². The molecule has 1 aliphatic rings. The zero-order chi connectivity index (χ0) is 15.9. The van der Waals surface area contributed by atoms with Crippen LogP contribution in [0.5, 0.6) is 0 Å². The van der Waals surface area contributed by atoms with Crippen molar-refractivity contribution in [2.24, 2.45) is 0 Å². The summed E-state index contributed by atoms with van der Waals surface area (Å²) >= 11 is 0. The molecular weight excluding hydrogens is 276 g/mol. The summed E-state index contributed by atoms with van der Waals surface area (Å²) in [5, 5.41) is 0. The molecule has 0 fully saturated rings. The van der Waals surface area contributed by atoms with Crippen molar-refractivity contribution in [1.29, 1.82) is 0 Å². The van der Waals surface area contributed by atoms with Gasteiger partial charge in [-0.05, 0) is 25.7 Å². The van der Waals surface area contributed by atoms with Crippen LogP contribution < -0.4 is 0 Å². The van der Waals surface area contributed by atoms with Gasteiger partial charge in [-0.3, -0.25) is 0 Å². The molecule has 1 atom stereocenters. The van der Waals surface area contributed by atoms with Crippen LogP contribution in [0, 0.1) is 0 Å². The number of esters is 1. The Bertz CT molecular complexity index is 545. The predicted molar refractivity (Wildman–Crippen MR) is 88.3 cm³/mol. The van der Waals surface area contributed by atoms with Crippen molar-refractivity contribution in [3.05, 3.63) is 41.0 Å². The van der Waals surface area contributed by atoms with Crippen molar-refractivity contribution in [2.45, 2.75) is 58.5 Å². The fourth-order valence-electron chi connectivity index (χ4n) is 2.88. The first kappa shape index (κ1) is 16.6. The molecule has 0 bridgehead atoms. The maximum atomic E-state index is 12.2. The molecule has 2 rings (SSSR count). The molecule has 22 heavy (non-hydrogen) atoms. The molecule has 1 aliphatic heterocycles. The molecule has 0 amide bonds. The van der Waals surface area contributed by atoms with Gasteiger partial charge in [-0.1, -0.05) is 51.0 Å². The lowest BCUT2D eigenvalue weighted by molar-refractivity contribution is -0.136. The third kappa shape index (κ3) is 3.52. The van der Waals surface area contributed by atoms with Crippen LogP contribution in [-0.2, 0) is 14.3 Å². The lowest BCUT2D eigenvalue weighted by atomic mass is 9.98. The molecule has 0 saturated heterocycles.